The molecule has 0 saturated heterocycles. The molecule has 6 rings (SSSR count). The van der Waals surface area contributed by atoms with Crippen LogP contribution in [0.4, 0.5) is 0 Å². The van der Waals surface area contributed by atoms with Crippen LogP contribution in [0.1, 0.15) is 56.9 Å². The predicted octanol–water partition coefficient (Wildman–Crippen LogP) is 11.0. The van der Waals surface area contributed by atoms with Crippen LogP contribution in [0.3, 0.4) is 0 Å². The van der Waals surface area contributed by atoms with E-state index >= 15 is 0 Å². The Bertz CT molecular complexity index is 2490. The molecule has 0 spiro atoms. The summed E-state index contributed by atoms with van der Waals surface area (Å²) in [6.07, 6.45) is 0. The number of carbonyl (C=O) groups excluding carboxylic acids is 5. The number of hydrogen-bond donors (Lipinski definition) is 0. The fourth-order valence-corrected chi connectivity index (χ4v) is 8.03. The van der Waals surface area contributed by atoms with Gasteiger partial charge in [0.2, 0.25) is 0 Å². The van der Waals surface area contributed by atoms with Crippen molar-refractivity contribution in [3.63, 3.8) is 0 Å². The van der Waals surface area contributed by atoms with E-state index in [4.69, 9.17) is 23.7 Å². The molecule has 63 heavy (non-hydrogen) atoms. The highest BCUT2D eigenvalue weighted by Crippen LogP contribution is 2.51. The predicted molar refractivity (Wildman–Crippen MR) is 238 cm³/mol. The van der Waals surface area contributed by atoms with Gasteiger partial charge in [0.1, 0.15) is 11.5 Å². The first-order chi connectivity index (χ1) is 30.0. The van der Waals surface area contributed by atoms with Crippen molar-refractivity contribution < 1.29 is 47.7 Å². The lowest BCUT2D eigenvalue weighted by atomic mass is 10.1. The van der Waals surface area contributed by atoms with Gasteiger partial charge in [-0.25, -0.2) is 0 Å². The van der Waals surface area contributed by atoms with Crippen LogP contribution in [0.5, 0.6) is 28.7 Å². The van der Waals surface area contributed by atoms with E-state index < -0.39 is 23.9 Å². The first-order valence-corrected chi connectivity index (χ1v) is 21.3. The van der Waals surface area contributed by atoms with Crippen LogP contribution in [0, 0.1) is 70.2 Å². The van der Waals surface area contributed by atoms with E-state index in [1.807, 2.05) is 73.7 Å². The lowest BCUT2D eigenvalue weighted by Crippen LogP contribution is -2.13. The quantitative estimate of drug-likeness (QED) is 0.0903. The second-order valence-electron chi connectivity index (χ2n) is 13.1. The molecule has 0 aliphatic carbocycles. The van der Waals surface area contributed by atoms with Crippen LogP contribution in [-0.4, -0.2) is 29.8 Å². The van der Waals surface area contributed by atoms with E-state index in [0.29, 0.717) is 33.1 Å². The zero-order valence-electron chi connectivity index (χ0n) is 35.9. The molecule has 10 nitrogen and oxygen atoms in total. The summed E-state index contributed by atoms with van der Waals surface area (Å²) in [7, 11) is 0. The molecule has 0 N–H and O–H groups in total. The molecule has 13 heteroatoms. The van der Waals surface area contributed by atoms with Crippen molar-refractivity contribution in [1.29, 1.82) is 0 Å². The first-order valence-electron chi connectivity index (χ1n) is 18.9. The van der Waals surface area contributed by atoms with Crippen LogP contribution in [-0.2, 0) is 24.0 Å². The van der Waals surface area contributed by atoms with Crippen molar-refractivity contribution in [3.05, 3.63) is 150 Å². The van der Waals surface area contributed by atoms with Gasteiger partial charge in [0.15, 0.2) is 17.2 Å². The second-order valence-corrected chi connectivity index (χ2v) is 16.5. The van der Waals surface area contributed by atoms with Crippen LogP contribution in [0.2, 0.25) is 0 Å². The molecule has 0 unspecified atom stereocenters. The average Bonchev–Trinajstić information content (AvgIpc) is 3.23. The normalized spacial score (nSPS) is 10.2. The van der Waals surface area contributed by atoms with Crippen molar-refractivity contribution in [1.82, 2.24) is 0 Å². The third-order valence-electron chi connectivity index (χ3n) is 7.80. The summed E-state index contributed by atoms with van der Waals surface area (Å²) in [5.74, 6) is -1.52. The molecule has 6 aromatic carbocycles. The minimum absolute atomic E-state index is 0.00244. The van der Waals surface area contributed by atoms with E-state index in [0.717, 1.165) is 20.2 Å². The van der Waals surface area contributed by atoms with E-state index in [9.17, 15) is 24.0 Å². The molecule has 0 bridgehead atoms. The molecule has 6 aromatic rings. The van der Waals surface area contributed by atoms with Gasteiger partial charge in [-0.15, -0.1) is 0 Å². The molecule has 319 valence electrons. The zero-order chi connectivity index (χ0) is 46.1. The summed E-state index contributed by atoms with van der Waals surface area (Å²) in [5, 5.41) is 0. The maximum absolute atomic E-state index is 11.9. The second kappa shape index (κ2) is 24.4. The number of esters is 5. The third kappa shape index (κ3) is 16.2. The van der Waals surface area contributed by atoms with Gasteiger partial charge in [0.25, 0.3) is 0 Å². The van der Waals surface area contributed by atoms with Crippen molar-refractivity contribution >= 4 is 65.1 Å². The Morgan fingerprint density at radius 1 is 0.444 bits per heavy atom. The van der Waals surface area contributed by atoms with Gasteiger partial charge in [0, 0.05) is 81.9 Å². The molecule has 7 radical (unpaired) electrons. The van der Waals surface area contributed by atoms with Gasteiger partial charge in [-0.3, -0.25) is 24.0 Å². The van der Waals surface area contributed by atoms with E-state index in [2.05, 4.69) is 42.5 Å². The van der Waals surface area contributed by atoms with Crippen molar-refractivity contribution in [2.75, 3.05) is 0 Å². The summed E-state index contributed by atoms with van der Waals surface area (Å²) in [6, 6.07) is 46.5. The van der Waals surface area contributed by atoms with Crippen molar-refractivity contribution in [2.24, 2.45) is 0 Å². The number of hydrogen-bond acceptors (Lipinski definition) is 13. The maximum Gasteiger partial charge on any atom is 0.308 e. The van der Waals surface area contributed by atoms with Crippen molar-refractivity contribution in [3.8, 4) is 28.7 Å². The third-order valence-corrected chi connectivity index (χ3v) is 11.1. The summed E-state index contributed by atoms with van der Waals surface area (Å²) in [6.45, 7) is 13.3. The fraction of sp³-hybridized carbons (Fsp3) is 0.180. The Hall–Kier alpha value is -6.28. The van der Waals surface area contributed by atoms with Crippen LogP contribution < -0.4 is 23.7 Å². The maximum atomic E-state index is 11.9. The van der Waals surface area contributed by atoms with Gasteiger partial charge in [0.05, 0.1) is 4.90 Å². The van der Waals surface area contributed by atoms with Crippen molar-refractivity contribution in [2.45, 2.75) is 91.7 Å². The van der Waals surface area contributed by atoms with Crippen LogP contribution in [0.25, 0.3) is 0 Å². The minimum atomic E-state index is -0.624. The Morgan fingerprint density at radius 2 is 0.889 bits per heavy atom. The Kier molecular flexibility index (Phi) is 19.1. The van der Waals surface area contributed by atoms with E-state index in [1.54, 1.807) is 62.5 Å². The molecule has 0 heterocycles. The molecular formula is C50H41O10S3. The molecule has 0 amide bonds. The number of aryl methyl sites for hydroxylation is 1. The minimum Gasteiger partial charge on any atom is -0.426 e. The summed E-state index contributed by atoms with van der Waals surface area (Å²) >= 11 is 4.52. The topological polar surface area (TPSA) is 132 Å². The lowest BCUT2D eigenvalue weighted by Gasteiger charge is -2.22. The van der Waals surface area contributed by atoms with Gasteiger partial charge >= 0.3 is 29.8 Å². The van der Waals surface area contributed by atoms with Gasteiger partial charge in [-0.2, -0.15) is 0 Å². The summed E-state index contributed by atoms with van der Waals surface area (Å²) in [5.41, 5.74) is 2.29. The molecule has 0 fully saturated rings. The number of benzene rings is 6. The highest BCUT2D eigenvalue weighted by atomic mass is 32.2. The Morgan fingerprint density at radius 3 is 1.30 bits per heavy atom. The highest BCUT2D eigenvalue weighted by molar-refractivity contribution is 8.00. The first kappa shape index (κ1) is 49.4. The fourth-order valence-electron chi connectivity index (χ4n) is 5.22. The van der Waals surface area contributed by atoms with Gasteiger partial charge in [-0.05, 0) is 136 Å². The van der Waals surface area contributed by atoms with Gasteiger partial charge in [-0.1, -0.05) is 53.5 Å². The SMILES string of the molecule is CC(=O)Oc1[c]cc(Sc2c[c][c]cc2)cc1.CC(=O)Oc1cc(C)cc(Sc2c(C)c(OC(C)=O)c(OC(C)=O)c(C)c2OC(C)=O)c1C.[c]1[c]cc(Sc2c[c][c]cc2)cc1. The van der Waals surface area contributed by atoms with E-state index in [-0.39, 0.29) is 23.2 Å². The van der Waals surface area contributed by atoms with E-state index in [1.165, 1.54) is 56.2 Å². The Balaban J connectivity index is 0.000000238. The largest absolute Gasteiger partial charge is 0.426 e. The molecule has 0 saturated carbocycles. The Labute approximate surface area is 381 Å². The number of ether oxygens (including phenoxy) is 5. The van der Waals surface area contributed by atoms with Crippen LogP contribution >= 0.6 is 35.3 Å². The lowest BCUT2D eigenvalue weighted by molar-refractivity contribution is -0.134. The zero-order valence-corrected chi connectivity index (χ0v) is 38.3. The summed E-state index contributed by atoms with van der Waals surface area (Å²) in [4.78, 5) is 63.3. The van der Waals surface area contributed by atoms with Gasteiger partial charge < -0.3 is 23.7 Å². The molecule has 0 aromatic heterocycles. The highest BCUT2D eigenvalue weighted by Gasteiger charge is 2.27. The molecular weight excluding hydrogens is 857 g/mol. The number of rotatable bonds is 11. The number of carbonyl (C=O) groups is 5. The molecule has 0 atom stereocenters. The standard InChI is InChI=1S/C24H26O8S.C14H9O2S.C12H6S/c1-11-9-19(29-15(5)25)12(2)20(10-11)33-24-14(4)22(31-17(7)27)21(30-16(6)26)13(3)23(24)32-18(8)28;1-11(15)16-12-7-9-14(10-8-12)17-13-5-3-2-4-6-13;1-3-7-11(8-4-1)13-12-9-5-2-6-10-12/h9-10H,1-8H3;3,5-7,9-10H,1H3;3,5,7-10H. The average molecular weight is 898 g/mol. The smallest absolute Gasteiger partial charge is 0.308 e. The monoisotopic (exact) mass is 897 g/mol. The summed E-state index contributed by atoms with van der Waals surface area (Å²) < 4.78 is 26.4. The molecule has 0 aliphatic heterocycles. The van der Waals surface area contributed by atoms with Crippen LogP contribution in [0.15, 0.2) is 114 Å². The molecule has 0 aliphatic rings.